The largest absolute Gasteiger partial charge is 0.206 e. The lowest BCUT2D eigenvalue weighted by atomic mass is 10.1. The molecule has 0 fully saturated rings. The minimum Gasteiger partial charge on any atom is -0.206 e. The minimum atomic E-state index is -0.397. The zero-order valence-electron chi connectivity index (χ0n) is 15.6. The quantitative estimate of drug-likeness (QED) is 0.556. The lowest BCUT2D eigenvalue weighted by Gasteiger charge is -1.98. The fourth-order valence-corrected chi connectivity index (χ4v) is 2.65. The van der Waals surface area contributed by atoms with Crippen LogP contribution in [0.25, 0.3) is 0 Å². The highest BCUT2D eigenvalue weighted by Crippen LogP contribution is 2.11. The topological polar surface area (TPSA) is 23.8 Å². The Kier molecular flexibility index (Phi) is 6.25. The number of hydrogen-bond acceptors (Lipinski definition) is 1. The van der Waals surface area contributed by atoms with Gasteiger partial charge in [-0.25, -0.2) is 4.39 Å². The molecule has 3 aromatic rings. The van der Waals surface area contributed by atoms with Crippen LogP contribution in [-0.2, 0) is 6.42 Å². The van der Waals surface area contributed by atoms with Gasteiger partial charge in [0.2, 0.25) is 0 Å². The van der Waals surface area contributed by atoms with Gasteiger partial charge >= 0.3 is 0 Å². The maximum absolute atomic E-state index is 14.3. The molecule has 0 aliphatic rings. The van der Waals surface area contributed by atoms with Crippen molar-refractivity contribution in [1.82, 2.24) is 0 Å². The molecule has 134 valence electrons. The maximum atomic E-state index is 14.3. The second-order valence-electron chi connectivity index (χ2n) is 6.33. The average Bonchev–Trinajstić information content (AvgIpc) is 2.73. The summed E-state index contributed by atoms with van der Waals surface area (Å²) in [6.07, 6.45) is 2.18. The van der Waals surface area contributed by atoms with Crippen LogP contribution in [0.3, 0.4) is 0 Å². The summed E-state index contributed by atoms with van der Waals surface area (Å²) in [6.45, 7) is 2.15. The van der Waals surface area contributed by atoms with Gasteiger partial charge in [-0.15, -0.1) is 0 Å². The van der Waals surface area contributed by atoms with Crippen molar-refractivity contribution >= 4 is 0 Å². The van der Waals surface area contributed by atoms with Gasteiger partial charge in [0.05, 0.1) is 17.2 Å². The molecule has 0 spiro atoms. The van der Waals surface area contributed by atoms with Crippen molar-refractivity contribution in [3.63, 3.8) is 0 Å². The minimum absolute atomic E-state index is 0.318. The summed E-state index contributed by atoms with van der Waals surface area (Å²) in [7, 11) is 0. The van der Waals surface area contributed by atoms with Gasteiger partial charge in [-0.1, -0.05) is 49.2 Å². The van der Waals surface area contributed by atoms with E-state index in [-0.39, 0.29) is 0 Å². The fraction of sp³-hybridized carbons (Fsp3) is 0.115. The molecule has 2 heteroatoms. The summed E-state index contributed by atoms with van der Waals surface area (Å²) in [5.41, 5.74) is 4.43. The predicted octanol–water partition coefficient (Wildman–Crippen LogP) is 5.45. The summed E-state index contributed by atoms with van der Waals surface area (Å²) in [5, 5.41) is 8.80. The summed E-state index contributed by atoms with van der Waals surface area (Å²) in [6, 6.07) is 21.9. The van der Waals surface area contributed by atoms with E-state index in [9.17, 15) is 4.39 Å². The van der Waals surface area contributed by atoms with Crippen LogP contribution >= 0.6 is 0 Å². The van der Waals surface area contributed by atoms with E-state index in [1.807, 2.05) is 12.1 Å². The number of benzene rings is 3. The SMILES string of the molecule is CCCc1ccc(C#Cc2ccc(C#Cc3ccc(C#N)cc3)c(F)c2)cc1. The molecule has 0 aliphatic heterocycles. The second-order valence-corrected chi connectivity index (χ2v) is 6.33. The fourth-order valence-electron chi connectivity index (χ4n) is 2.65. The first-order valence-electron chi connectivity index (χ1n) is 9.10. The molecule has 0 N–H and O–H groups in total. The van der Waals surface area contributed by atoms with Crippen molar-refractivity contribution in [1.29, 1.82) is 5.26 Å². The third-order valence-corrected chi connectivity index (χ3v) is 4.17. The average molecular weight is 363 g/mol. The van der Waals surface area contributed by atoms with Crippen LogP contribution < -0.4 is 0 Å². The van der Waals surface area contributed by atoms with Crippen molar-refractivity contribution in [2.75, 3.05) is 0 Å². The molecule has 3 rings (SSSR count). The molecule has 0 aliphatic carbocycles. The van der Waals surface area contributed by atoms with Crippen LogP contribution in [0.1, 0.15) is 46.7 Å². The summed E-state index contributed by atoms with van der Waals surface area (Å²) in [4.78, 5) is 0. The highest BCUT2D eigenvalue weighted by molar-refractivity contribution is 5.49. The monoisotopic (exact) mass is 363 g/mol. The van der Waals surface area contributed by atoms with Crippen LogP contribution in [0.4, 0.5) is 4.39 Å². The van der Waals surface area contributed by atoms with Crippen molar-refractivity contribution < 1.29 is 4.39 Å². The third kappa shape index (κ3) is 5.11. The third-order valence-electron chi connectivity index (χ3n) is 4.17. The molecule has 0 saturated heterocycles. The van der Waals surface area contributed by atoms with E-state index in [0.717, 1.165) is 24.0 Å². The molecular formula is C26H18FN. The first-order chi connectivity index (χ1) is 13.7. The zero-order valence-corrected chi connectivity index (χ0v) is 15.6. The Morgan fingerprint density at radius 1 is 0.714 bits per heavy atom. The number of aryl methyl sites for hydroxylation is 1. The first kappa shape index (κ1) is 19.0. The van der Waals surface area contributed by atoms with Gasteiger partial charge in [-0.05, 0) is 66.6 Å². The van der Waals surface area contributed by atoms with Crippen molar-refractivity contribution in [3.8, 4) is 29.8 Å². The van der Waals surface area contributed by atoms with Gasteiger partial charge in [-0.2, -0.15) is 5.26 Å². The number of halogens is 1. The van der Waals surface area contributed by atoms with Gasteiger partial charge in [0.1, 0.15) is 5.82 Å². The van der Waals surface area contributed by atoms with Gasteiger partial charge < -0.3 is 0 Å². The number of nitrogens with zero attached hydrogens (tertiary/aromatic N) is 1. The van der Waals surface area contributed by atoms with E-state index in [1.54, 1.807) is 36.4 Å². The van der Waals surface area contributed by atoms with Gasteiger partial charge in [0.15, 0.2) is 0 Å². The van der Waals surface area contributed by atoms with E-state index in [0.29, 0.717) is 16.7 Å². The van der Waals surface area contributed by atoms with E-state index in [1.165, 1.54) is 11.6 Å². The molecule has 1 nitrogen and oxygen atoms in total. The van der Waals surface area contributed by atoms with Crippen LogP contribution in [-0.4, -0.2) is 0 Å². The molecule has 28 heavy (non-hydrogen) atoms. The lowest BCUT2D eigenvalue weighted by Crippen LogP contribution is -1.86. The highest BCUT2D eigenvalue weighted by Gasteiger charge is 2.00. The number of rotatable bonds is 2. The van der Waals surface area contributed by atoms with E-state index >= 15 is 0 Å². The van der Waals surface area contributed by atoms with Crippen molar-refractivity contribution in [2.45, 2.75) is 19.8 Å². The Balaban J connectivity index is 1.74. The van der Waals surface area contributed by atoms with Crippen LogP contribution in [0.2, 0.25) is 0 Å². The predicted molar refractivity (Wildman–Crippen MR) is 110 cm³/mol. The maximum Gasteiger partial charge on any atom is 0.140 e. The molecule has 0 saturated carbocycles. The molecule has 0 atom stereocenters. The number of nitriles is 1. The van der Waals surface area contributed by atoms with Crippen molar-refractivity contribution in [3.05, 3.63) is 106 Å². The van der Waals surface area contributed by atoms with Crippen molar-refractivity contribution in [2.24, 2.45) is 0 Å². The van der Waals surface area contributed by atoms with Gasteiger partial charge in [0.25, 0.3) is 0 Å². The lowest BCUT2D eigenvalue weighted by molar-refractivity contribution is 0.624. The van der Waals surface area contributed by atoms with Crippen LogP contribution in [0.5, 0.6) is 0 Å². The molecule has 0 unspecified atom stereocenters. The van der Waals surface area contributed by atoms with E-state index < -0.39 is 5.82 Å². The smallest absolute Gasteiger partial charge is 0.140 e. The molecule has 0 heterocycles. The summed E-state index contributed by atoms with van der Waals surface area (Å²) < 4.78 is 14.3. The highest BCUT2D eigenvalue weighted by atomic mass is 19.1. The molecular weight excluding hydrogens is 345 g/mol. The molecule has 0 amide bonds. The standard InChI is InChI=1S/C26H18FN/c1-2-3-20-4-6-21(7-5-20)8-11-23-15-17-25(26(27)18-23)16-14-22-9-12-24(19-28)13-10-22/h4-7,9-10,12-13,15,17-18H,2-3H2,1H3. The number of hydrogen-bond donors (Lipinski definition) is 0. The second kappa shape index (κ2) is 9.23. The Morgan fingerprint density at radius 3 is 1.86 bits per heavy atom. The van der Waals surface area contributed by atoms with Crippen LogP contribution in [0.15, 0.2) is 66.7 Å². The summed E-state index contributed by atoms with van der Waals surface area (Å²) in [5.74, 6) is 11.4. The molecule has 3 aromatic carbocycles. The van der Waals surface area contributed by atoms with Gasteiger partial charge in [0, 0.05) is 16.7 Å². The Morgan fingerprint density at radius 2 is 1.25 bits per heavy atom. The van der Waals surface area contributed by atoms with Crippen LogP contribution in [0, 0.1) is 40.8 Å². The molecule has 0 aromatic heterocycles. The van der Waals surface area contributed by atoms with E-state index in [4.69, 9.17) is 5.26 Å². The first-order valence-corrected chi connectivity index (χ1v) is 9.10. The zero-order chi connectivity index (χ0) is 19.8. The summed E-state index contributed by atoms with van der Waals surface area (Å²) >= 11 is 0. The normalized spacial score (nSPS) is 9.46. The Bertz CT molecular complexity index is 1130. The molecule has 0 radical (unpaired) electrons. The van der Waals surface area contributed by atoms with Gasteiger partial charge in [-0.3, -0.25) is 0 Å². The Labute approximate surface area is 165 Å². The Hall–Kier alpha value is -3.80. The molecule has 0 bridgehead atoms. The van der Waals surface area contributed by atoms with E-state index in [2.05, 4.69) is 48.8 Å².